The average molecular weight is 418 g/mol. The lowest BCUT2D eigenvalue weighted by atomic mass is 10.2. The van der Waals surface area contributed by atoms with E-state index in [1.54, 1.807) is 26.0 Å². The number of phenolic OH excluding ortho intramolecular Hbond substituents is 1. The van der Waals surface area contributed by atoms with Crippen molar-refractivity contribution in [1.29, 1.82) is 0 Å². The van der Waals surface area contributed by atoms with Crippen molar-refractivity contribution in [2.45, 2.75) is 24.8 Å². The van der Waals surface area contributed by atoms with Gasteiger partial charge in [0.2, 0.25) is 10.0 Å². The van der Waals surface area contributed by atoms with Gasteiger partial charge in [-0.25, -0.2) is 17.9 Å². The molecule has 2 aromatic carbocycles. The van der Waals surface area contributed by atoms with Gasteiger partial charge in [-0.3, -0.25) is 4.90 Å². The number of carbonyl (C=O) groups excluding carboxylic acids is 1. The minimum absolute atomic E-state index is 0.167. The molecule has 0 spiro atoms. The molecule has 0 fully saturated rings. The molecule has 2 amide bonds. The summed E-state index contributed by atoms with van der Waals surface area (Å²) in [4.78, 5) is 12.4. The molecule has 0 radical (unpaired) electrons. The second-order valence-electron chi connectivity index (χ2n) is 5.65. The van der Waals surface area contributed by atoms with Crippen molar-refractivity contribution in [1.82, 2.24) is 4.72 Å². The van der Waals surface area contributed by atoms with Crippen LogP contribution in [0.2, 0.25) is 10.0 Å². The number of para-hydroxylation sites is 1. The third kappa shape index (κ3) is 4.04. The third-order valence-electron chi connectivity index (χ3n) is 3.28. The molecule has 0 saturated carbocycles. The Bertz CT molecular complexity index is 949. The molecule has 0 aromatic heterocycles. The van der Waals surface area contributed by atoms with Gasteiger partial charge in [-0.05, 0) is 38.1 Å². The van der Waals surface area contributed by atoms with E-state index >= 15 is 0 Å². The van der Waals surface area contributed by atoms with Crippen LogP contribution in [0.3, 0.4) is 0 Å². The van der Waals surface area contributed by atoms with Crippen molar-refractivity contribution in [3.8, 4) is 5.75 Å². The largest absolute Gasteiger partial charge is 0.504 e. The topological polar surface area (TPSA) is 113 Å². The van der Waals surface area contributed by atoms with Gasteiger partial charge in [-0.2, -0.15) is 0 Å². The summed E-state index contributed by atoms with van der Waals surface area (Å²) >= 11 is 12.1. The molecule has 0 aliphatic heterocycles. The Morgan fingerprint density at radius 3 is 2.27 bits per heavy atom. The van der Waals surface area contributed by atoms with Gasteiger partial charge in [0.1, 0.15) is 4.90 Å². The van der Waals surface area contributed by atoms with Crippen molar-refractivity contribution in [3.05, 3.63) is 46.4 Å². The number of carbonyl (C=O) groups is 1. The summed E-state index contributed by atoms with van der Waals surface area (Å²) in [5.41, 5.74) is 5.45. The lowest BCUT2D eigenvalue weighted by molar-refractivity contribution is 0.256. The summed E-state index contributed by atoms with van der Waals surface area (Å²) in [5, 5.41) is 10.6. The summed E-state index contributed by atoms with van der Waals surface area (Å²) in [7, 11) is -4.14. The maximum absolute atomic E-state index is 12.5. The number of nitrogens with one attached hydrogen (secondary N) is 1. The van der Waals surface area contributed by atoms with E-state index < -0.39 is 32.7 Å². The molecule has 0 bridgehead atoms. The molecule has 140 valence electrons. The molecule has 0 aliphatic carbocycles. The number of nitrogens with zero attached hydrogens (tertiary/aromatic N) is 1. The number of aromatic hydroxyl groups is 1. The molecule has 4 N–H and O–H groups in total. The molecule has 10 heteroatoms. The number of sulfonamides is 1. The van der Waals surface area contributed by atoms with Crippen molar-refractivity contribution in [2.75, 3.05) is 4.90 Å². The van der Waals surface area contributed by atoms with Crippen LogP contribution >= 0.6 is 23.2 Å². The minimum atomic E-state index is -4.14. The van der Waals surface area contributed by atoms with Crippen molar-refractivity contribution in [2.24, 2.45) is 5.73 Å². The van der Waals surface area contributed by atoms with Gasteiger partial charge in [-0.15, -0.1) is 0 Å². The van der Waals surface area contributed by atoms with E-state index in [1.165, 1.54) is 24.3 Å². The van der Waals surface area contributed by atoms with Crippen molar-refractivity contribution < 1.29 is 18.3 Å². The van der Waals surface area contributed by atoms with Gasteiger partial charge in [-0.1, -0.05) is 35.3 Å². The standard InChI is InChI=1S/C16H17Cl2N3O4S/c1-9(2)20-26(24,25)15-11(18)7-8-13(14(15)22)21(16(19)23)12-6-4-3-5-10(12)17/h3-9,20,22H,1-2H3,(H2,19,23). The zero-order valence-electron chi connectivity index (χ0n) is 13.9. The normalized spacial score (nSPS) is 11.6. The lowest BCUT2D eigenvalue weighted by Crippen LogP contribution is -2.33. The summed E-state index contributed by atoms with van der Waals surface area (Å²) in [6.45, 7) is 3.23. The highest BCUT2D eigenvalue weighted by Crippen LogP contribution is 2.42. The number of phenols is 1. The number of rotatable bonds is 5. The maximum Gasteiger partial charge on any atom is 0.324 e. The van der Waals surface area contributed by atoms with Gasteiger partial charge in [0.05, 0.1) is 21.4 Å². The van der Waals surface area contributed by atoms with E-state index in [2.05, 4.69) is 4.72 Å². The first kappa shape index (κ1) is 20.3. The lowest BCUT2D eigenvalue weighted by Gasteiger charge is -2.24. The van der Waals surface area contributed by atoms with Crippen LogP contribution in [-0.2, 0) is 10.0 Å². The van der Waals surface area contributed by atoms with E-state index in [9.17, 15) is 18.3 Å². The number of benzene rings is 2. The van der Waals surface area contributed by atoms with Gasteiger partial charge >= 0.3 is 6.03 Å². The van der Waals surface area contributed by atoms with Crippen LogP contribution in [0.5, 0.6) is 5.75 Å². The van der Waals surface area contributed by atoms with Gasteiger partial charge < -0.3 is 10.8 Å². The molecule has 2 rings (SSSR count). The van der Waals surface area contributed by atoms with Crippen LogP contribution in [0.4, 0.5) is 16.2 Å². The second kappa shape index (κ2) is 7.71. The van der Waals surface area contributed by atoms with Crippen molar-refractivity contribution >= 4 is 50.6 Å². The number of anilines is 2. The van der Waals surface area contributed by atoms with Crippen LogP contribution in [0.15, 0.2) is 41.3 Å². The monoisotopic (exact) mass is 417 g/mol. The average Bonchev–Trinajstić information content (AvgIpc) is 2.49. The number of halogens is 2. The summed E-state index contributed by atoms with van der Waals surface area (Å²) in [5.74, 6) is -0.718. The van der Waals surface area contributed by atoms with Crippen LogP contribution < -0.4 is 15.4 Å². The number of nitrogens with two attached hydrogens (primary N) is 1. The van der Waals surface area contributed by atoms with Gasteiger partial charge in [0.15, 0.2) is 5.75 Å². The molecule has 0 atom stereocenters. The first-order chi connectivity index (χ1) is 12.1. The summed E-state index contributed by atoms with van der Waals surface area (Å²) in [6, 6.07) is 7.42. The quantitative estimate of drug-likeness (QED) is 0.689. The molecule has 0 heterocycles. The number of urea groups is 1. The minimum Gasteiger partial charge on any atom is -0.504 e. The molecular weight excluding hydrogens is 401 g/mol. The highest BCUT2D eigenvalue weighted by Gasteiger charge is 2.29. The zero-order valence-corrected chi connectivity index (χ0v) is 16.2. The molecule has 0 saturated heterocycles. The van der Waals surface area contributed by atoms with E-state index in [1.807, 2.05) is 0 Å². The van der Waals surface area contributed by atoms with Crippen LogP contribution in [0.25, 0.3) is 0 Å². The molecule has 0 unspecified atom stereocenters. The zero-order chi connectivity index (χ0) is 19.6. The molecular formula is C16H17Cl2N3O4S. The molecule has 26 heavy (non-hydrogen) atoms. The fourth-order valence-electron chi connectivity index (χ4n) is 2.34. The predicted molar refractivity (Wildman–Crippen MR) is 102 cm³/mol. The first-order valence-corrected chi connectivity index (χ1v) is 9.68. The van der Waals surface area contributed by atoms with Crippen molar-refractivity contribution in [3.63, 3.8) is 0 Å². The van der Waals surface area contributed by atoms with E-state index in [0.29, 0.717) is 0 Å². The maximum atomic E-state index is 12.5. The highest BCUT2D eigenvalue weighted by molar-refractivity contribution is 7.89. The van der Waals surface area contributed by atoms with Crippen LogP contribution in [0, 0.1) is 0 Å². The van der Waals surface area contributed by atoms with Gasteiger partial charge in [0, 0.05) is 6.04 Å². The Morgan fingerprint density at radius 1 is 1.12 bits per heavy atom. The Morgan fingerprint density at radius 2 is 1.73 bits per heavy atom. The SMILES string of the molecule is CC(C)NS(=O)(=O)c1c(Cl)ccc(N(C(N)=O)c2ccccc2Cl)c1O. The second-order valence-corrected chi connectivity index (χ2v) is 8.11. The molecule has 0 aliphatic rings. The molecule has 2 aromatic rings. The predicted octanol–water partition coefficient (Wildman–Crippen LogP) is 3.60. The Hall–Kier alpha value is -2.00. The summed E-state index contributed by atoms with van der Waals surface area (Å²) in [6.07, 6.45) is 0. The van der Waals surface area contributed by atoms with Crippen LogP contribution in [0.1, 0.15) is 13.8 Å². The third-order valence-corrected chi connectivity index (χ3v) is 5.76. The fraction of sp³-hybridized carbons (Fsp3) is 0.188. The highest BCUT2D eigenvalue weighted by atomic mass is 35.5. The summed E-state index contributed by atoms with van der Waals surface area (Å²) < 4.78 is 27.4. The Balaban J connectivity index is 2.72. The van der Waals surface area contributed by atoms with Gasteiger partial charge in [0.25, 0.3) is 0 Å². The molecule has 7 nitrogen and oxygen atoms in total. The fourth-order valence-corrected chi connectivity index (χ4v) is 4.44. The van der Waals surface area contributed by atoms with Crippen LogP contribution in [-0.4, -0.2) is 25.6 Å². The number of hydrogen-bond acceptors (Lipinski definition) is 4. The first-order valence-electron chi connectivity index (χ1n) is 7.44. The Labute approximate surface area is 161 Å². The van der Waals surface area contributed by atoms with E-state index in [4.69, 9.17) is 28.9 Å². The number of amides is 2. The number of primary amides is 1. The van der Waals surface area contributed by atoms with E-state index in [0.717, 1.165) is 4.90 Å². The smallest absolute Gasteiger partial charge is 0.324 e. The van der Waals surface area contributed by atoms with E-state index in [-0.39, 0.29) is 21.4 Å². The Kier molecular flexibility index (Phi) is 6.02. The number of hydrogen-bond donors (Lipinski definition) is 3.